The van der Waals surface area contributed by atoms with Crippen LogP contribution in [0.15, 0.2) is 76.5 Å². The number of likely N-dealkylation sites (tertiary alicyclic amines) is 1. The molecule has 1 heterocycles. The van der Waals surface area contributed by atoms with Crippen molar-refractivity contribution in [3.05, 3.63) is 89.2 Å². The van der Waals surface area contributed by atoms with Gasteiger partial charge in [-0.1, -0.05) is 54.2 Å². The zero-order valence-corrected chi connectivity index (χ0v) is 17.6. The molecule has 0 bridgehead atoms. The molecule has 31 heavy (non-hydrogen) atoms. The number of phenols is 1. The Morgan fingerprint density at radius 1 is 1.00 bits per heavy atom. The molecule has 0 aromatic heterocycles. The monoisotopic (exact) mass is 435 g/mol. The maximum Gasteiger partial charge on any atom is 0.309 e. The number of hydrogen-bond acceptors (Lipinski definition) is 4. The molecule has 2 N–H and O–H groups in total. The van der Waals surface area contributed by atoms with Crippen LogP contribution in [0.3, 0.4) is 0 Å². The molecule has 1 saturated heterocycles. The van der Waals surface area contributed by atoms with Crippen molar-refractivity contribution in [2.75, 3.05) is 13.1 Å². The van der Waals surface area contributed by atoms with E-state index < -0.39 is 5.97 Å². The highest BCUT2D eigenvalue weighted by atomic mass is 32.2. The van der Waals surface area contributed by atoms with E-state index in [4.69, 9.17) is 5.11 Å². The summed E-state index contributed by atoms with van der Waals surface area (Å²) in [6.07, 6.45) is 3.35. The number of phenolic OH excluding ortho intramolecular Hbond substituents is 1. The largest absolute Gasteiger partial charge is 0.507 e. The molecular weight excluding hydrogens is 413 g/mol. The number of carbonyl (C=O) groups is 1. The lowest BCUT2D eigenvalue weighted by atomic mass is 9.99. The lowest BCUT2D eigenvalue weighted by molar-refractivity contribution is -0.147. The summed E-state index contributed by atoms with van der Waals surface area (Å²) in [5.41, 5.74) is 1.85. The maximum atomic E-state index is 14.6. The SMILES string of the molecule is O=C(O)C1CN(Cc2ccc(/C=C/c3cc(Sc4ccccc4)ccc3O)c(F)c2)C1. The zero-order valence-electron chi connectivity index (χ0n) is 16.7. The first kappa shape index (κ1) is 21.2. The van der Waals surface area contributed by atoms with Crippen molar-refractivity contribution in [3.8, 4) is 5.75 Å². The molecule has 1 aliphatic heterocycles. The number of aliphatic carboxylic acids is 1. The van der Waals surface area contributed by atoms with Crippen LogP contribution in [0.25, 0.3) is 12.2 Å². The second-order valence-electron chi connectivity index (χ2n) is 7.55. The number of aromatic hydroxyl groups is 1. The lowest BCUT2D eigenvalue weighted by Crippen LogP contribution is -2.49. The summed E-state index contributed by atoms with van der Waals surface area (Å²) in [6.45, 7) is 1.52. The van der Waals surface area contributed by atoms with Crippen LogP contribution < -0.4 is 0 Å². The van der Waals surface area contributed by atoms with Gasteiger partial charge in [-0.15, -0.1) is 0 Å². The molecule has 0 saturated carbocycles. The van der Waals surface area contributed by atoms with Crippen LogP contribution in [0.5, 0.6) is 5.75 Å². The van der Waals surface area contributed by atoms with Gasteiger partial charge in [-0.05, 0) is 42.0 Å². The third-order valence-corrected chi connectivity index (χ3v) is 6.20. The summed E-state index contributed by atoms with van der Waals surface area (Å²) < 4.78 is 14.6. The highest BCUT2D eigenvalue weighted by molar-refractivity contribution is 7.99. The minimum absolute atomic E-state index is 0.136. The van der Waals surface area contributed by atoms with Gasteiger partial charge in [-0.3, -0.25) is 9.69 Å². The van der Waals surface area contributed by atoms with Crippen LogP contribution in [0.1, 0.15) is 16.7 Å². The second kappa shape index (κ2) is 9.37. The third kappa shape index (κ3) is 5.34. The fraction of sp³-hybridized carbons (Fsp3) is 0.160. The summed E-state index contributed by atoms with van der Waals surface area (Å²) in [7, 11) is 0. The average molecular weight is 436 g/mol. The molecule has 0 radical (unpaired) electrons. The Bertz CT molecular complexity index is 1110. The summed E-state index contributed by atoms with van der Waals surface area (Å²) in [4.78, 5) is 15.0. The first-order chi connectivity index (χ1) is 15.0. The van der Waals surface area contributed by atoms with Crippen molar-refractivity contribution in [3.63, 3.8) is 0 Å². The van der Waals surface area contributed by atoms with Gasteiger partial charge < -0.3 is 10.2 Å². The van der Waals surface area contributed by atoms with E-state index in [1.165, 1.54) is 6.07 Å². The van der Waals surface area contributed by atoms with E-state index in [-0.39, 0.29) is 17.5 Å². The Kier molecular flexibility index (Phi) is 6.39. The van der Waals surface area contributed by atoms with Gasteiger partial charge in [-0.25, -0.2) is 4.39 Å². The average Bonchev–Trinajstić information content (AvgIpc) is 2.72. The Balaban J connectivity index is 1.43. The van der Waals surface area contributed by atoms with E-state index in [0.717, 1.165) is 15.4 Å². The predicted octanol–water partition coefficient (Wildman–Crippen LogP) is 5.37. The molecular formula is C25H22FNO3S. The Morgan fingerprint density at radius 2 is 1.74 bits per heavy atom. The lowest BCUT2D eigenvalue weighted by Gasteiger charge is -2.36. The highest BCUT2D eigenvalue weighted by Crippen LogP contribution is 2.32. The predicted molar refractivity (Wildman–Crippen MR) is 120 cm³/mol. The summed E-state index contributed by atoms with van der Waals surface area (Å²) in [5.74, 6) is -1.32. The van der Waals surface area contributed by atoms with Crippen LogP contribution in [-0.2, 0) is 11.3 Å². The Morgan fingerprint density at radius 3 is 2.45 bits per heavy atom. The molecule has 1 fully saturated rings. The fourth-order valence-electron chi connectivity index (χ4n) is 3.45. The van der Waals surface area contributed by atoms with Gasteiger partial charge in [0.05, 0.1) is 5.92 Å². The highest BCUT2D eigenvalue weighted by Gasteiger charge is 2.32. The normalized spacial score (nSPS) is 14.6. The molecule has 6 heteroatoms. The molecule has 1 aliphatic rings. The number of carboxylic acids is 1. The standard InChI is InChI=1S/C25H22FNO3S/c26-23-12-17(14-27-15-20(16-27)25(29)30)6-7-18(23)8-9-19-13-22(10-11-24(19)28)31-21-4-2-1-3-5-21/h1-13,20,28H,14-16H2,(H,29,30)/b9-8+. The van der Waals surface area contributed by atoms with Gasteiger partial charge in [0.1, 0.15) is 11.6 Å². The van der Waals surface area contributed by atoms with Crippen molar-refractivity contribution in [1.29, 1.82) is 0 Å². The fourth-order valence-corrected chi connectivity index (χ4v) is 4.34. The minimum atomic E-state index is -0.780. The molecule has 0 aliphatic carbocycles. The quantitative estimate of drug-likeness (QED) is 0.489. The van der Waals surface area contributed by atoms with E-state index in [2.05, 4.69) is 0 Å². The van der Waals surface area contributed by atoms with E-state index in [0.29, 0.717) is 30.8 Å². The number of hydrogen-bond donors (Lipinski definition) is 2. The van der Waals surface area contributed by atoms with Crippen LogP contribution in [-0.4, -0.2) is 34.2 Å². The number of rotatable bonds is 7. The Hall–Kier alpha value is -3.09. The molecule has 4 nitrogen and oxygen atoms in total. The molecule has 0 unspecified atom stereocenters. The van der Waals surface area contributed by atoms with Crippen LogP contribution in [0.4, 0.5) is 4.39 Å². The maximum absolute atomic E-state index is 14.6. The molecule has 4 rings (SSSR count). The molecule has 0 amide bonds. The first-order valence-electron chi connectivity index (χ1n) is 9.95. The number of nitrogens with zero attached hydrogens (tertiary/aromatic N) is 1. The summed E-state index contributed by atoms with van der Waals surface area (Å²) in [6, 6.07) is 20.3. The van der Waals surface area contributed by atoms with Crippen molar-refractivity contribution < 1.29 is 19.4 Å². The molecule has 0 atom stereocenters. The zero-order chi connectivity index (χ0) is 21.8. The smallest absolute Gasteiger partial charge is 0.309 e. The molecule has 158 valence electrons. The van der Waals surface area contributed by atoms with Gasteiger partial charge in [-0.2, -0.15) is 0 Å². The van der Waals surface area contributed by atoms with Crippen molar-refractivity contribution in [1.82, 2.24) is 4.90 Å². The van der Waals surface area contributed by atoms with Gasteiger partial charge in [0, 0.05) is 40.6 Å². The van der Waals surface area contributed by atoms with E-state index in [9.17, 15) is 14.3 Å². The van der Waals surface area contributed by atoms with Gasteiger partial charge in [0.2, 0.25) is 0 Å². The topological polar surface area (TPSA) is 60.8 Å². The molecule has 3 aromatic carbocycles. The number of carboxylic acid groups (broad SMARTS) is 1. The van der Waals surface area contributed by atoms with E-state index >= 15 is 0 Å². The van der Waals surface area contributed by atoms with Crippen molar-refractivity contribution in [2.24, 2.45) is 5.92 Å². The van der Waals surface area contributed by atoms with Crippen LogP contribution in [0.2, 0.25) is 0 Å². The van der Waals surface area contributed by atoms with Gasteiger partial charge in [0.25, 0.3) is 0 Å². The van der Waals surface area contributed by atoms with E-state index in [1.54, 1.807) is 36.0 Å². The van der Waals surface area contributed by atoms with Gasteiger partial charge in [0.15, 0.2) is 0 Å². The summed E-state index contributed by atoms with van der Waals surface area (Å²) >= 11 is 1.59. The second-order valence-corrected chi connectivity index (χ2v) is 8.70. The van der Waals surface area contributed by atoms with Gasteiger partial charge >= 0.3 is 5.97 Å². The van der Waals surface area contributed by atoms with Crippen LogP contribution in [0, 0.1) is 11.7 Å². The molecule has 0 spiro atoms. The first-order valence-corrected chi connectivity index (χ1v) is 10.8. The summed E-state index contributed by atoms with van der Waals surface area (Å²) in [5, 5.41) is 19.1. The minimum Gasteiger partial charge on any atom is -0.507 e. The Labute approximate surface area is 184 Å². The number of halogens is 1. The van der Waals surface area contributed by atoms with Crippen molar-refractivity contribution in [2.45, 2.75) is 16.3 Å². The van der Waals surface area contributed by atoms with E-state index in [1.807, 2.05) is 53.4 Å². The van der Waals surface area contributed by atoms with Crippen LogP contribution >= 0.6 is 11.8 Å². The third-order valence-electron chi connectivity index (χ3n) is 5.20. The number of benzene rings is 3. The molecule has 3 aromatic rings. The van der Waals surface area contributed by atoms with Crippen molar-refractivity contribution >= 4 is 29.9 Å².